The Hall–Kier alpha value is -3.46. The maximum absolute atomic E-state index is 13.0. The van der Waals surface area contributed by atoms with Gasteiger partial charge in [-0.05, 0) is 54.7 Å². The third-order valence-corrected chi connectivity index (χ3v) is 5.99. The Kier molecular flexibility index (Phi) is 6.13. The molecule has 0 bridgehead atoms. The molecule has 1 saturated heterocycles. The first-order chi connectivity index (χ1) is 15.1. The fourth-order valence-electron chi connectivity index (χ4n) is 4.17. The zero-order chi connectivity index (χ0) is 21.8. The molecule has 2 aromatic carbocycles. The first kappa shape index (κ1) is 20.8. The van der Waals surface area contributed by atoms with Crippen molar-refractivity contribution in [1.29, 1.82) is 5.26 Å². The van der Waals surface area contributed by atoms with Crippen LogP contribution in [0.1, 0.15) is 36.5 Å². The Morgan fingerprint density at radius 3 is 2.58 bits per heavy atom. The molecular formula is C25H25FN4O. The van der Waals surface area contributed by atoms with Gasteiger partial charge in [0.1, 0.15) is 11.9 Å². The highest BCUT2D eigenvalue weighted by Gasteiger charge is 2.27. The van der Waals surface area contributed by atoms with Crippen molar-refractivity contribution >= 4 is 22.5 Å². The van der Waals surface area contributed by atoms with Crippen molar-refractivity contribution in [2.75, 3.05) is 18.0 Å². The van der Waals surface area contributed by atoms with Crippen molar-refractivity contribution in [3.63, 3.8) is 0 Å². The molecule has 1 amide bonds. The number of carbonyl (C=O) groups is 1. The summed E-state index contributed by atoms with van der Waals surface area (Å²) in [6, 6.07) is 14.7. The molecule has 158 valence electrons. The van der Waals surface area contributed by atoms with Crippen molar-refractivity contribution < 1.29 is 9.18 Å². The number of aromatic nitrogens is 1. The summed E-state index contributed by atoms with van der Waals surface area (Å²) in [4.78, 5) is 19.3. The standard InChI is InChI=1S/C25H25FN4O/c1-2-17-5-8-23-22(13-17)24(20(14-27)16-28-23)30-11-9-19(10-12-30)25(31)29-15-18-3-6-21(26)7-4-18/h3-8,13,16,19H,2,9-12,15H2,1H3,(H,29,31). The quantitative estimate of drug-likeness (QED) is 0.672. The van der Waals surface area contributed by atoms with Crippen LogP contribution >= 0.6 is 0 Å². The number of carbonyl (C=O) groups excluding carboxylic acids is 1. The number of piperidine rings is 1. The molecule has 0 saturated carbocycles. The topological polar surface area (TPSA) is 69.0 Å². The summed E-state index contributed by atoms with van der Waals surface area (Å²) in [5.41, 5.74) is 4.46. The lowest BCUT2D eigenvalue weighted by Gasteiger charge is -2.34. The number of hydrogen-bond donors (Lipinski definition) is 1. The largest absolute Gasteiger partial charge is 0.370 e. The summed E-state index contributed by atoms with van der Waals surface area (Å²) in [7, 11) is 0. The number of nitrogens with zero attached hydrogens (tertiary/aromatic N) is 3. The van der Waals surface area contributed by atoms with Crippen molar-refractivity contribution in [3.05, 3.63) is 71.2 Å². The summed E-state index contributed by atoms with van der Waals surface area (Å²) in [5, 5.41) is 13.6. The summed E-state index contributed by atoms with van der Waals surface area (Å²) >= 11 is 0. The lowest BCUT2D eigenvalue weighted by molar-refractivity contribution is -0.125. The van der Waals surface area contributed by atoms with E-state index in [1.54, 1.807) is 18.3 Å². The van der Waals surface area contributed by atoms with Gasteiger partial charge in [0, 0.05) is 37.1 Å². The third kappa shape index (κ3) is 4.51. The van der Waals surface area contributed by atoms with Gasteiger partial charge >= 0.3 is 0 Å². The van der Waals surface area contributed by atoms with E-state index in [4.69, 9.17) is 0 Å². The van der Waals surface area contributed by atoms with E-state index in [1.165, 1.54) is 17.7 Å². The second kappa shape index (κ2) is 9.13. The molecule has 0 aliphatic carbocycles. The number of benzene rings is 2. The van der Waals surface area contributed by atoms with Crippen LogP contribution in [0.4, 0.5) is 10.1 Å². The number of anilines is 1. The van der Waals surface area contributed by atoms with Crippen LogP contribution in [0.5, 0.6) is 0 Å². The number of rotatable bonds is 5. The number of pyridine rings is 1. The Bertz CT molecular complexity index is 1130. The van der Waals surface area contributed by atoms with Crippen molar-refractivity contribution in [2.24, 2.45) is 5.92 Å². The third-order valence-electron chi connectivity index (χ3n) is 5.99. The number of aryl methyl sites for hydroxylation is 1. The van der Waals surface area contributed by atoms with Crippen LogP contribution in [0.3, 0.4) is 0 Å². The average molecular weight is 417 g/mol. The molecule has 1 aliphatic rings. The first-order valence-electron chi connectivity index (χ1n) is 10.7. The normalized spacial score (nSPS) is 14.4. The molecule has 0 radical (unpaired) electrons. The Labute approximate surface area is 181 Å². The van der Waals surface area contributed by atoms with Gasteiger partial charge in [-0.25, -0.2) is 4.39 Å². The zero-order valence-electron chi connectivity index (χ0n) is 17.6. The lowest BCUT2D eigenvalue weighted by atomic mass is 9.94. The zero-order valence-corrected chi connectivity index (χ0v) is 17.6. The number of nitrogens with one attached hydrogen (secondary N) is 1. The Morgan fingerprint density at radius 1 is 1.19 bits per heavy atom. The van der Waals surface area contributed by atoms with E-state index >= 15 is 0 Å². The van der Waals surface area contributed by atoms with Crippen molar-refractivity contribution in [2.45, 2.75) is 32.7 Å². The fourth-order valence-corrected chi connectivity index (χ4v) is 4.17. The van der Waals surface area contributed by atoms with Gasteiger partial charge in [0.15, 0.2) is 0 Å². The average Bonchev–Trinajstić information content (AvgIpc) is 2.82. The van der Waals surface area contributed by atoms with Gasteiger partial charge in [0.2, 0.25) is 5.91 Å². The first-order valence-corrected chi connectivity index (χ1v) is 10.7. The monoisotopic (exact) mass is 416 g/mol. The van der Waals surface area contributed by atoms with Gasteiger partial charge in [-0.2, -0.15) is 5.26 Å². The maximum atomic E-state index is 13.0. The number of amides is 1. The Balaban J connectivity index is 1.46. The second-order valence-corrected chi connectivity index (χ2v) is 7.94. The van der Waals surface area contributed by atoms with Gasteiger partial charge in [0.25, 0.3) is 0 Å². The number of hydrogen-bond acceptors (Lipinski definition) is 4. The predicted octanol–water partition coefficient (Wildman–Crippen LogP) is 4.34. The van der Waals surface area contributed by atoms with Crippen LogP contribution in [0, 0.1) is 23.1 Å². The molecule has 31 heavy (non-hydrogen) atoms. The summed E-state index contributed by atoms with van der Waals surface area (Å²) in [6.07, 6.45) is 4.00. The maximum Gasteiger partial charge on any atom is 0.223 e. The molecule has 0 unspecified atom stereocenters. The Morgan fingerprint density at radius 2 is 1.90 bits per heavy atom. The van der Waals surface area contributed by atoms with Gasteiger partial charge < -0.3 is 10.2 Å². The van der Waals surface area contributed by atoms with Crippen LogP contribution < -0.4 is 10.2 Å². The van der Waals surface area contributed by atoms with Crippen molar-refractivity contribution in [1.82, 2.24) is 10.3 Å². The highest BCUT2D eigenvalue weighted by Crippen LogP contribution is 2.33. The van der Waals surface area contributed by atoms with E-state index < -0.39 is 0 Å². The molecule has 1 aromatic heterocycles. The lowest BCUT2D eigenvalue weighted by Crippen LogP contribution is -2.40. The molecule has 0 spiro atoms. The number of halogens is 1. The fraction of sp³-hybridized carbons (Fsp3) is 0.320. The molecule has 1 aliphatic heterocycles. The van der Waals surface area contributed by atoms with E-state index in [0.29, 0.717) is 25.2 Å². The predicted molar refractivity (Wildman–Crippen MR) is 119 cm³/mol. The molecule has 5 nitrogen and oxygen atoms in total. The SMILES string of the molecule is CCc1ccc2ncc(C#N)c(N3CCC(C(=O)NCc4ccc(F)cc4)CC3)c2c1. The molecule has 1 fully saturated rings. The van der Waals surface area contributed by atoms with E-state index in [-0.39, 0.29) is 17.6 Å². The molecular weight excluding hydrogens is 391 g/mol. The van der Waals surface area contributed by atoms with Crippen LogP contribution in [0.15, 0.2) is 48.7 Å². The second-order valence-electron chi connectivity index (χ2n) is 7.94. The molecule has 2 heterocycles. The molecule has 3 aromatic rings. The van der Waals surface area contributed by atoms with Gasteiger partial charge in [-0.15, -0.1) is 0 Å². The molecule has 0 atom stereocenters. The van der Waals surface area contributed by atoms with Crippen LogP contribution in [0.25, 0.3) is 10.9 Å². The van der Waals surface area contributed by atoms with Crippen LogP contribution in [0.2, 0.25) is 0 Å². The molecule has 4 rings (SSSR count). The van der Waals surface area contributed by atoms with E-state index in [9.17, 15) is 14.4 Å². The van der Waals surface area contributed by atoms with Gasteiger partial charge in [-0.3, -0.25) is 9.78 Å². The van der Waals surface area contributed by atoms with Crippen LogP contribution in [-0.4, -0.2) is 24.0 Å². The summed E-state index contributed by atoms with van der Waals surface area (Å²) < 4.78 is 13.0. The van der Waals surface area contributed by atoms with Crippen molar-refractivity contribution in [3.8, 4) is 6.07 Å². The minimum absolute atomic E-state index is 0.0253. The van der Waals surface area contributed by atoms with E-state index in [1.807, 2.05) is 6.07 Å². The highest BCUT2D eigenvalue weighted by atomic mass is 19.1. The van der Waals surface area contributed by atoms with Crippen LogP contribution in [-0.2, 0) is 17.8 Å². The minimum atomic E-state index is -0.283. The summed E-state index contributed by atoms with van der Waals surface area (Å²) in [5.74, 6) is -0.326. The number of fused-ring (bicyclic) bond motifs is 1. The number of nitriles is 1. The van der Waals surface area contributed by atoms with E-state index in [2.05, 4.69) is 40.3 Å². The smallest absolute Gasteiger partial charge is 0.223 e. The molecule has 6 heteroatoms. The minimum Gasteiger partial charge on any atom is -0.370 e. The van der Waals surface area contributed by atoms with Gasteiger partial charge in [0.05, 0.1) is 16.8 Å². The summed E-state index contributed by atoms with van der Waals surface area (Å²) in [6.45, 7) is 3.92. The molecule has 1 N–H and O–H groups in total. The van der Waals surface area contributed by atoms with E-state index in [0.717, 1.165) is 41.4 Å². The highest BCUT2D eigenvalue weighted by molar-refractivity contribution is 5.95. The van der Waals surface area contributed by atoms with Gasteiger partial charge in [-0.1, -0.05) is 25.1 Å².